The number of fused-ring (bicyclic) bond motifs is 2. The number of carbonyl (C=O) groups excluding carboxylic acids is 2. The van der Waals surface area contributed by atoms with Gasteiger partial charge in [-0.1, -0.05) is 18.2 Å². The van der Waals surface area contributed by atoms with E-state index in [1.54, 1.807) is 6.92 Å². The van der Waals surface area contributed by atoms with Gasteiger partial charge in [-0.05, 0) is 63.1 Å². The fraction of sp³-hybridized carbons (Fsp3) is 0.455. The van der Waals surface area contributed by atoms with Gasteiger partial charge in [-0.15, -0.1) is 11.3 Å². The van der Waals surface area contributed by atoms with E-state index in [1.807, 2.05) is 12.1 Å². The van der Waals surface area contributed by atoms with Crippen molar-refractivity contribution in [1.29, 1.82) is 0 Å². The second-order valence-corrected chi connectivity index (χ2v) is 8.60. The van der Waals surface area contributed by atoms with E-state index in [0.29, 0.717) is 17.2 Å². The first-order chi connectivity index (χ1) is 13.6. The lowest BCUT2D eigenvalue weighted by molar-refractivity contribution is -0.115. The Morgan fingerprint density at radius 2 is 2.04 bits per heavy atom. The van der Waals surface area contributed by atoms with Crippen molar-refractivity contribution in [2.75, 3.05) is 23.4 Å². The fourth-order valence-electron chi connectivity index (χ4n) is 4.26. The van der Waals surface area contributed by atoms with Gasteiger partial charge in [-0.2, -0.15) is 0 Å². The topological polar surface area (TPSA) is 58.6 Å². The molecule has 0 bridgehead atoms. The average molecular weight is 399 g/mol. The third-order valence-electron chi connectivity index (χ3n) is 5.57. The van der Waals surface area contributed by atoms with Crippen molar-refractivity contribution in [1.82, 2.24) is 0 Å². The number of para-hydroxylation sites is 1. The third-order valence-corrected chi connectivity index (χ3v) is 6.77. The van der Waals surface area contributed by atoms with Gasteiger partial charge in [0.25, 0.3) is 0 Å². The Balaban J connectivity index is 1.55. The smallest absolute Gasteiger partial charge is 0.341 e. The van der Waals surface area contributed by atoms with Gasteiger partial charge in [-0.3, -0.25) is 4.79 Å². The van der Waals surface area contributed by atoms with Gasteiger partial charge in [0, 0.05) is 16.6 Å². The monoisotopic (exact) mass is 398 g/mol. The second kappa shape index (κ2) is 7.95. The molecule has 0 spiro atoms. The summed E-state index contributed by atoms with van der Waals surface area (Å²) < 4.78 is 5.28. The quantitative estimate of drug-likeness (QED) is 0.767. The highest BCUT2D eigenvalue weighted by molar-refractivity contribution is 7.17. The lowest BCUT2D eigenvalue weighted by atomic mass is 9.95. The molecule has 1 aromatic carbocycles. The van der Waals surface area contributed by atoms with Crippen LogP contribution in [0.1, 0.15) is 53.1 Å². The molecule has 0 saturated carbocycles. The Morgan fingerprint density at radius 1 is 1.25 bits per heavy atom. The highest BCUT2D eigenvalue weighted by atomic mass is 32.1. The van der Waals surface area contributed by atoms with E-state index in [9.17, 15) is 9.59 Å². The van der Waals surface area contributed by atoms with Crippen LogP contribution in [0.2, 0.25) is 0 Å². The zero-order chi connectivity index (χ0) is 19.7. The number of amides is 1. The summed E-state index contributed by atoms with van der Waals surface area (Å²) in [5.41, 5.74) is 4.05. The summed E-state index contributed by atoms with van der Waals surface area (Å²) in [7, 11) is 0. The van der Waals surface area contributed by atoms with Crippen molar-refractivity contribution in [2.45, 2.75) is 52.0 Å². The summed E-state index contributed by atoms with van der Waals surface area (Å²) in [5.74, 6) is -0.412. The second-order valence-electron chi connectivity index (χ2n) is 7.49. The average Bonchev–Trinajstić information content (AvgIpc) is 3.19. The van der Waals surface area contributed by atoms with E-state index >= 15 is 0 Å². The zero-order valence-corrected chi connectivity index (χ0v) is 17.2. The fourth-order valence-corrected chi connectivity index (χ4v) is 5.56. The normalized spacial score (nSPS) is 17.8. The van der Waals surface area contributed by atoms with Crippen LogP contribution in [0.3, 0.4) is 0 Å². The summed E-state index contributed by atoms with van der Waals surface area (Å²) in [6.45, 7) is 4.56. The lowest BCUT2D eigenvalue weighted by Gasteiger charge is -2.24. The standard InChI is InChI=1S/C22H26N2O3S/c1-3-27-22(26)20-16-9-5-7-11-18(16)28-21(20)23-19(25)13-24-14(2)12-15-8-4-6-10-17(15)24/h4,6,8,10,14H,3,5,7,9,11-13H2,1-2H3,(H,23,25)/t14-/m0/s1. The number of anilines is 2. The maximum Gasteiger partial charge on any atom is 0.341 e. The summed E-state index contributed by atoms with van der Waals surface area (Å²) in [6.07, 6.45) is 5.01. The Bertz CT molecular complexity index is 905. The molecule has 1 aromatic heterocycles. The number of nitrogens with one attached hydrogen (secondary N) is 1. The number of hydrogen-bond acceptors (Lipinski definition) is 5. The van der Waals surface area contributed by atoms with E-state index in [4.69, 9.17) is 4.74 Å². The Hall–Kier alpha value is -2.34. The molecule has 1 aliphatic carbocycles. The molecule has 0 fully saturated rings. The molecule has 0 unspecified atom stereocenters. The molecule has 148 valence electrons. The van der Waals surface area contributed by atoms with Crippen LogP contribution in [0.25, 0.3) is 0 Å². The number of esters is 1. The molecule has 2 heterocycles. The number of carbonyl (C=O) groups is 2. The predicted octanol–water partition coefficient (Wildman–Crippen LogP) is 4.19. The number of nitrogens with zero attached hydrogens (tertiary/aromatic N) is 1. The van der Waals surface area contributed by atoms with Gasteiger partial charge in [-0.25, -0.2) is 4.79 Å². The Kier molecular flexibility index (Phi) is 5.40. The van der Waals surface area contributed by atoms with E-state index < -0.39 is 0 Å². The number of thiophene rings is 1. The Labute approximate surface area is 169 Å². The van der Waals surface area contributed by atoms with Crippen molar-refractivity contribution >= 4 is 33.9 Å². The van der Waals surface area contributed by atoms with Gasteiger partial charge in [0.1, 0.15) is 5.00 Å². The molecule has 1 aliphatic heterocycles. The summed E-state index contributed by atoms with van der Waals surface area (Å²) in [4.78, 5) is 28.8. The van der Waals surface area contributed by atoms with Gasteiger partial charge < -0.3 is 15.0 Å². The van der Waals surface area contributed by atoms with Crippen LogP contribution in [0.4, 0.5) is 10.7 Å². The molecule has 28 heavy (non-hydrogen) atoms. The first kappa shape index (κ1) is 19.0. The molecule has 1 N–H and O–H groups in total. The molecule has 6 heteroatoms. The SMILES string of the molecule is CCOC(=O)c1c(NC(=O)CN2c3ccccc3C[C@@H]2C)sc2c1CCCC2. The van der Waals surface area contributed by atoms with Gasteiger partial charge >= 0.3 is 5.97 Å². The summed E-state index contributed by atoms with van der Waals surface area (Å²) >= 11 is 1.54. The van der Waals surface area contributed by atoms with Crippen molar-refractivity contribution in [3.05, 3.63) is 45.8 Å². The van der Waals surface area contributed by atoms with Crippen LogP contribution in [0.5, 0.6) is 0 Å². The number of benzene rings is 1. The largest absolute Gasteiger partial charge is 0.462 e. The van der Waals surface area contributed by atoms with E-state index in [0.717, 1.165) is 43.4 Å². The minimum Gasteiger partial charge on any atom is -0.462 e. The van der Waals surface area contributed by atoms with E-state index in [1.165, 1.54) is 21.8 Å². The van der Waals surface area contributed by atoms with Crippen LogP contribution in [-0.2, 0) is 28.8 Å². The zero-order valence-electron chi connectivity index (χ0n) is 16.4. The van der Waals surface area contributed by atoms with Crippen LogP contribution in [0.15, 0.2) is 24.3 Å². The first-order valence-corrected chi connectivity index (χ1v) is 10.9. The molecule has 1 amide bonds. The first-order valence-electron chi connectivity index (χ1n) is 10.0. The third kappa shape index (κ3) is 3.53. The lowest BCUT2D eigenvalue weighted by Crippen LogP contribution is -2.37. The van der Waals surface area contributed by atoms with Gasteiger partial charge in [0.15, 0.2) is 0 Å². The highest BCUT2D eigenvalue weighted by Gasteiger charge is 2.30. The number of ether oxygens (including phenoxy) is 1. The molecule has 5 nitrogen and oxygen atoms in total. The van der Waals surface area contributed by atoms with Crippen molar-refractivity contribution in [2.24, 2.45) is 0 Å². The molecular formula is C22H26N2O3S. The van der Waals surface area contributed by atoms with E-state index in [2.05, 4.69) is 29.3 Å². The van der Waals surface area contributed by atoms with Gasteiger partial charge in [0.05, 0.1) is 18.7 Å². The van der Waals surface area contributed by atoms with Crippen LogP contribution < -0.4 is 10.2 Å². The Morgan fingerprint density at radius 3 is 2.86 bits per heavy atom. The van der Waals surface area contributed by atoms with E-state index in [-0.39, 0.29) is 24.5 Å². The number of rotatable bonds is 5. The van der Waals surface area contributed by atoms with Crippen molar-refractivity contribution < 1.29 is 14.3 Å². The number of hydrogen-bond donors (Lipinski definition) is 1. The predicted molar refractivity (Wildman–Crippen MR) is 113 cm³/mol. The van der Waals surface area contributed by atoms with Crippen LogP contribution in [0, 0.1) is 0 Å². The molecule has 0 saturated heterocycles. The maximum absolute atomic E-state index is 12.9. The minimum atomic E-state index is -0.322. The summed E-state index contributed by atoms with van der Waals surface area (Å²) in [5, 5.41) is 3.67. The summed E-state index contributed by atoms with van der Waals surface area (Å²) in [6, 6.07) is 8.52. The van der Waals surface area contributed by atoms with Crippen molar-refractivity contribution in [3.8, 4) is 0 Å². The molecule has 4 rings (SSSR count). The molecular weight excluding hydrogens is 372 g/mol. The van der Waals surface area contributed by atoms with Gasteiger partial charge in [0.2, 0.25) is 5.91 Å². The number of aryl methyl sites for hydroxylation is 1. The van der Waals surface area contributed by atoms with Crippen molar-refractivity contribution in [3.63, 3.8) is 0 Å². The molecule has 2 aromatic rings. The highest BCUT2D eigenvalue weighted by Crippen LogP contribution is 2.39. The maximum atomic E-state index is 12.9. The molecule has 1 atom stereocenters. The molecule has 2 aliphatic rings. The van der Waals surface area contributed by atoms with Crippen LogP contribution in [-0.4, -0.2) is 31.1 Å². The van der Waals surface area contributed by atoms with Crippen LogP contribution >= 0.6 is 11.3 Å². The minimum absolute atomic E-state index is 0.0901. The molecule has 0 radical (unpaired) electrons.